The fourth-order valence-electron chi connectivity index (χ4n) is 2.96. The van der Waals surface area contributed by atoms with Crippen LogP contribution in [0.25, 0.3) is 0 Å². The van der Waals surface area contributed by atoms with Gasteiger partial charge >= 0.3 is 0 Å². The normalized spacial score (nSPS) is 12.4. The second kappa shape index (κ2) is 9.68. The van der Waals surface area contributed by atoms with E-state index in [1.54, 1.807) is 0 Å². The fourth-order valence-corrected chi connectivity index (χ4v) is 3.93. The molecule has 7 heteroatoms. The van der Waals surface area contributed by atoms with Gasteiger partial charge < -0.3 is 5.32 Å². The predicted octanol–water partition coefficient (Wildman–Crippen LogP) is 3.95. The SMILES string of the molecule is CC[C@H](NC(=O)CCCN(c1ccc(F)cc1)S(C)(=O)=O)c1ccc(C)cc1. The molecule has 0 saturated carbocycles. The van der Waals surface area contributed by atoms with Gasteiger partial charge in [-0.25, -0.2) is 12.8 Å². The number of nitrogens with zero attached hydrogens (tertiary/aromatic N) is 1. The molecule has 1 N–H and O–H groups in total. The molecule has 0 bridgehead atoms. The molecule has 28 heavy (non-hydrogen) atoms. The monoisotopic (exact) mass is 406 g/mol. The first-order valence-electron chi connectivity index (χ1n) is 9.30. The van der Waals surface area contributed by atoms with Crippen LogP contribution in [0.2, 0.25) is 0 Å². The standard InChI is InChI=1S/C21H27FN2O3S/c1-4-20(17-9-7-16(2)8-10-17)23-21(25)6-5-15-24(28(3,26)27)19-13-11-18(22)12-14-19/h7-14,20H,4-6,15H2,1-3H3,(H,23,25)/t20-/m0/s1. The predicted molar refractivity (Wildman–Crippen MR) is 110 cm³/mol. The van der Waals surface area contributed by atoms with Crippen LogP contribution in [-0.4, -0.2) is 27.1 Å². The Morgan fingerprint density at radius 2 is 1.71 bits per heavy atom. The minimum absolute atomic E-state index is 0.0730. The summed E-state index contributed by atoms with van der Waals surface area (Å²) in [6.07, 6.45) is 2.43. The maximum atomic E-state index is 13.1. The molecule has 152 valence electrons. The van der Waals surface area contributed by atoms with Gasteiger partial charge in [0.25, 0.3) is 0 Å². The lowest BCUT2D eigenvalue weighted by atomic mass is 10.0. The van der Waals surface area contributed by atoms with E-state index in [-0.39, 0.29) is 24.9 Å². The van der Waals surface area contributed by atoms with Gasteiger partial charge in [0.15, 0.2) is 0 Å². The highest BCUT2D eigenvalue weighted by molar-refractivity contribution is 7.92. The van der Waals surface area contributed by atoms with Gasteiger partial charge in [0.05, 0.1) is 18.0 Å². The number of hydrogen-bond donors (Lipinski definition) is 1. The van der Waals surface area contributed by atoms with E-state index in [0.717, 1.165) is 23.8 Å². The van der Waals surface area contributed by atoms with Crippen molar-refractivity contribution in [2.75, 3.05) is 17.1 Å². The first-order chi connectivity index (χ1) is 13.2. The van der Waals surface area contributed by atoms with Gasteiger partial charge in [-0.15, -0.1) is 0 Å². The first kappa shape index (κ1) is 21.9. The molecule has 0 unspecified atom stereocenters. The Hall–Kier alpha value is -2.41. The van der Waals surface area contributed by atoms with Crippen molar-refractivity contribution < 1.29 is 17.6 Å². The fraction of sp³-hybridized carbons (Fsp3) is 0.381. The summed E-state index contributed by atoms with van der Waals surface area (Å²) in [5, 5.41) is 3.01. The summed E-state index contributed by atoms with van der Waals surface area (Å²) in [5.74, 6) is -0.557. The van der Waals surface area contributed by atoms with E-state index >= 15 is 0 Å². The van der Waals surface area contributed by atoms with Crippen molar-refractivity contribution in [2.45, 2.75) is 39.2 Å². The van der Waals surface area contributed by atoms with Crippen molar-refractivity contribution in [1.29, 1.82) is 0 Å². The molecule has 0 saturated heterocycles. The van der Waals surface area contributed by atoms with Crippen LogP contribution in [-0.2, 0) is 14.8 Å². The molecule has 0 aliphatic carbocycles. The van der Waals surface area contributed by atoms with Crippen LogP contribution < -0.4 is 9.62 Å². The number of carbonyl (C=O) groups excluding carboxylic acids is 1. The number of amides is 1. The number of aryl methyl sites for hydroxylation is 1. The number of rotatable bonds is 9. The molecule has 2 aromatic carbocycles. The molecule has 1 amide bonds. The van der Waals surface area contributed by atoms with Crippen LogP contribution in [0.5, 0.6) is 0 Å². The zero-order valence-electron chi connectivity index (χ0n) is 16.5. The van der Waals surface area contributed by atoms with Gasteiger partial charge in [0.2, 0.25) is 15.9 Å². The largest absolute Gasteiger partial charge is 0.349 e. The molecular formula is C21H27FN2O3S. The Bertz CT molecular complexity index is 881. The Labute approximate surface area is 166 Å². The van der Waals surface area contributed by atoms with E-state index in [0.29, 0.717) is 12.1 Å². The topological polar surface area (TPSA) is 66.5 Å². The Kier molecular flexibility index (Phi) is 7.57. The number of halogens is 1. The van der Waals surface area contributed by atoms with Crippen molar-refractivity contribution in [2.24, 2.45) is 0 Å². The Balaban J connectivity index is 1.94. The number of hydrogen-bond acceptors (Lipinski definition) is 3. The van der Waals surface area contributed by atoms with E-state index < -0.39 is 15.8 Å². The van der Waals surface area contributed by atoms with Crippen molar-refractivity contribution in [3.05, 3.63) is 65.5 Å². The summed E-state index contributed by atoms with van der Waals surface area (Å²) in [4.78, 5) is 12.3. The molecule has 0 spiro atoms. The maximum Gasteiger partial charge on any atom is 0.232 e. The Morgan fingerprint density at radius 1 is 1.11 bits per heavy atom. The maximum absolute atomic E-state index is 13.1. The summed E-state index contributed by atoms with van der Waals surface area (Å²) < 4.78 is 38.4. The van der Waals surface area contributed by atoms with E-state index in [9.17, 15) is 17.6 Å². The number of anilines is 1. The molecule has 0 fully saturated rings. The molecule has 2 rings (SSSR count). The molecule has 0 aromatic heterocycles. The lowest BCUT2D eigenvalue weighted by molar-refractivity contribution is -0.121. The average Bonchev–Trinajstić information content (AvgIpc) is 2.64. The van der Waals surface area contributed by atoms with Gasteiger partial charge in [-0.05, 0) is 49.6 Å². The van der Waals surface area contributed by atoms with Gasteiger partial charge in [0, 0.05) is 13.0 Å². The molecule has 1 atom stereocenters. The molecule has 0 aliphatic heterocycles. The third-order valence-electron chi connectivity index (χ3n) is 4.50. The van der Waals surface area contributed by atoms with Crippen molar-refractivity contribution in [3.63, 3.8) is 0 Å². The summed E-state index contributed by atoms with van der Waals surface area (Å²) in [6, 6.07) is 13.2. The van der Waals surface area contributed by atoms with E-state index in [2.05, 4.69) is 5.32 Å². The summed E-state index contributed by atoms with van der Waals surface area (Å²) >= 11 is 0. The average molecular weight is 407 g/mol. The van der Waals surface area contributed by atoms with Crippen LogP contribution in [0.1, 0.15) is 43.4 Å². The van der Waals surface area contributed by atoms with Crippen LogP contribution in [0, 0.1) is 12.7 Å². The third kappa shape index (κ3) is 6.34. The minimum Gasteiger partial charge on any atom is -0.349 e. The highest BCUT2D eigenvalue weighted by Gasteiger charge is 2.18. The lowest BCUT2D eigenvalue weighted by Gasteiger charge is -2.23. The highest BCUT2D eigenvalue weighted by atomic mass is 32.2. The number of carbonyl (C=O) groups is 1. The molecule has 0 aliphatic rings. The summed E-state index contributed by atoms with van der Waals surface area (Å²) in [6.45, 7) is 4.17. The quantitative estimate of drug-likeness (QED) is 0.686. The number of sulfonamides is 1. The van der Waals surface area contributed by atoms with E-state index in [1.165, 1.54) is 28.6 Å². The van der Waals surface area contributed by atoms with E-state index in [4.69, 9.17) is 0 Å². The van der Waals surface area contributed by atoms with Crippen molar-refractivity contribution in [3.8, 4) is 0 Å². The van der Waals surface area contributed by atoms with Gasteiger partial charge in [-0.2, -0.15) is 0 Å². The van der Waals surface area contributed by atoms with Crippen molar-refractivity contribution >= 4 is 21.6 Å². The zero-order valence-corrected chi connectivity index (χ0v) is 17.3. The van der Waals surface area contributed by atoms with Crippen LogP contribution >= 0.6 is 0 Å². The van der Waals surface area contributed by atoms with Gasteiger partial charge in [0.1, 0.15) is 5.82 Å². The molecule has 0 heterocycles. The van der Waals surface area contributed by atoms with Crippen LogP contribution in [0.4, 0.5) is 10.1 Å². The smallest absolute Gasteiger partial charge is 0.232 e. The summed E-state index contributed by atoms with van der Waals surface area (Å²) in [7, 11) is -3.52. The van der Waals surface area contributed by atoms with Crippen molar-refractivity contribution in [1.82, 2.24) is 5.32 Å². The lowest BCUT2D eigenvalue weighted by Crippen LogP contribution is -2.33. The third-order valence-corrected chi connectivity index (χ3v) is 5.70. The van der Waals surface area contributed by atoms with Crippen LogP contribution in [0.15, 0.2) is 48.5 Å². The molecule has 5 nitrogen and oxygen atoms in total. The molecule has 0 radical (unpaired) electrons. The zero-order chi connectivity index (χ0) is 20.7. The first-order valence-corrected chi connectivity index (χ1v) is 11.1. The van der Waals surface area contributed by atoms with Crippen LogP contribution in [0.3, 0.4) is 0 Å². The molecule has 2 aromatic rings. The second-order valence-corrected chi connectivity index (χ2v) is 8.76. The molecular weight excluding hydrogens is 379 g/mol. The Morgan fingerprint density at radius 3 is 2.25 bits per heavy atom. The summed E-state index contributed by atoms with van der Waals surface area (Å²) in [5.41, 5.74) is 2.59. The second-order valence-electron chi connectivity index (χ2n) is 6.85. The van der Waals surface area contributed by atoms with Gasteiger partial charge in [-0.3, -0.25) is 9.10 Å². The number of benzene rings is 2. The highest BCUT2D eigenvalue weighted by Crippen LogP contribution is 2.20. The minimum atomic E-state index is -3.52. The number of nitrogens with one attached hydrogen (secondary N) is 1. The van der Waals surface area contributed by atoms with E-state index in [1.807, 2.05) is 38.1 Å². The van der Waals surface area contributed by atoms with Gasteiger partial charge in [-0.1, -0.05) is 36.8 Å².